The topological polar surface area (TPSA) is 3.24 Å². The van der Waals surface area contributed by atoms with Crippen molar-refractivity contribution in [3.05, 3.63) is 108 Å². The first-order valence-electron chi connectivity index (χ1n) is 16.4. The van der Waals surface area contributed by atoms with Crippen molar-refractivity contribution in [2.24, 2.45) is 17.8 Å². The van der Waals surface area contributed by atoms with Crippen molar-refractivity contribution in [1.82, 2.24) is 0 Å². The van der Waals surface area contributed by atoms with Crippen molar-refractivity contribution in [2.75, 3.05) is 4.90 Å². The second-order valence-corrected chi connectivity index (χ2v) is 12.7. The van der Waals surface area contributed by atoms with E-state index in [2.05, 4.69) is 114 Å². The predicted octanol–water partition coefficient (Wildman–Crippen LogP) is 12.2. The van der Waals surface area contributed by atoms with Crippen molar-refractivity contribution in [3.8, 4) is 0 Å². The molecule has 1 heteroatoms. The quantitative estimate of drug-likeness (QED) is 0.247. The van der Waals surface area contributed by atoms with Crippen LogP contribution in [0.3, 0.4) is 0 Å². The Kier molecular flexibility index (Phi) is 9.53. The van der Waals surface area contributed by atoms with Gasteiger partial charge in [-0.2, -0.15) is 0 Å². The molecule has 212 valence electrons. The lowest BCUT2D eigenvalue weighted by molar-refractivity contribution is 0.559. The molecule has 0 bridgehead atoms. The molecule has 1 nitrogen and oxygen atoms in total. The van der Waals surface area contributed by atoms with Gasteiger partial charge in [-0.15, -0.1) is 0 Å². The van der Waals surface area contributed by atoms with E-state index in [1.165, 1.54) is 117 Å². The fraction of sp³-hybridized carbons (Fsp3) is 0.400. The van der Waals surface area contributed by atoms with Crippen LogP contribution >= 0.6 is 0 Å². The van der Waals surface area contributed by atoms with Gasteiger partial charge in [0.2, 0.25) is 0 Å². The van der Waals surface area contributed by atoms with Gasteiger partial charge in [-0.05, 0) is 103 Å². The number of nitrogens with zero attached hydrogens (tertiary/aromatic N) is 1. The summed E-state index contributed by atoms with van der Waals surface area (Å²) >= 11 is 0. The lowest BCUT2D eigenvalue weighted by atomic mass is 10.0. The fourth-order valence-corrected chi connectivity index (χ4v) is 7.09. The SMILES string of the molecule is C(=C\c1ccc(N(c2ccc(/C=C/C3CCCC3)cc2)c2ccc(/C=C/C3CCCC3)cc2)cc1)/CC1CCCC1. The summed E-state index contributed by atoms with van der Waals surface area (Å²) in [6.07, 6.45) is 32.0. The van der Waals surface area contributed by atoms with Crippen LogP contribution in [0.25, 0.3) is 18.2 Å². The van der Waals surface area contributed by atoms with E-state index >= 15 is 0 Å². The van der Waals surface area contributed by atoms with Crippen LogP contribution in [-0.2, 0) is 0 Å². The van der Waals surface area contributed by atoms with E-state index < -0.39 is 0 Å². The van der Waals surface area contributed by atoms with Crippen molar-refractivity contribution >= 4 is 35.3 Å². The third-order valence-corrected chi connectivity index (χ3v) is 9.63. The number of hydrogen-bond donors (Lipinski definition) is 0. The highest BCUT2D eigenvalue weighted by molar-refractivity contribution is 5.78. The summed E-state index contributed by atoms with van der Waals surface area (Å²) in [7, 11) is 0. The Morgan fingerprint density at radius 3 is 1.24 bits per heavy atom. The zero-order valence-electron chi connectivity index (χ0n) is 24.8. The first kappa shape index (κ1) is 27.8. The van der Waals surface area contributed by atoms with E-state index in [9.17, 15) is 0 Å². The highest BCUT2D eigenvalue weighted by atomic mass is 15.1. The van der Waals surface area contributed by atoms with Gasteiger partial charge in [0.1, 0.15) is 0 Å². The van der Waals surface area contributed by atoms with E-state index in [4.69, 9.17) is 0 Å². The normalized spacial score (nSPS) is 19.0. The van der Waals surface area contributed by atoms with Crippen molar-refractivity contribution < 1.29 is 0 Å². The Morgan fingerprint density at radius 2 is 0.829 bits per heavy atom. The molecule has 3 fully saturated rings. The maximum absolute atomic E-state index is 2.43. The highest BCUT2D eigenvalue weighted by Crippen LogP contribution is 2.36. The van der Waals surface area contributed by atoms with Gasteiger partial charge in [0.25, 0.3) is 0 Å². The summed E-state index contributed by atoms with van der Waals surface area (Å²) in [6, 6.07) is 27.3. The molecule has 0 heterocycles. The van der Waals surface area contributed by atoms with Gasteiger partial charge >= 0.3 is 0 Å². The van der Waals surface area contributed by atoms with E-state index in [1.807, 2.05) is 0 Å². The summed E-state index contributed by atoms with van der Waals surface area (Å²) in [5.74, 6) is 2.42. The molecule has 0 atom stereocenters. The second kappa shape index (κ2) is 14.0. The van der Waals surface area contributed by atoms with Crippen molar-refractivity contribution in [2.45, 2.75) is 83.5 Å². The molecule has 3 aromatic rings. The maximum Gasteiger partial charge on any atom is 0.0462 e. The minimum Gasteiger partial charge on any atom is -0.311 e. The summed E-state index contributed by atoms with van der Waals surface area (Å²) in [5.41, 5.74) is 7.45. The minimum absolute atomic E-state index is 0.762. The highest BCUT2D eigenvalue weighted by Gasteiger charge is 2.15. The fourth-order valence-electron chi connectivity index (χ4n) is 7.09. The molecule has 0 aliphatic heterocycles. The molecule has 0 aromatic heterocycles. The number of anilines is 3. The molecule has 6 rings (SSSR count). The average molecular weight is 542 g/mol. The van der Waals surface area contributed by atoms with Crippen LogP contribution in [0.4, 0.5) is 17.1 Å². The Morgan fingerprint density at radius 1 is 0.463 bits per heavy atom. The molecule has 3 aromatic carbocycles. The van der Waals surface area contributed by atoms with Crippen LogP contribution in [0.5, 0.6) is 0 Å². The van der Waals surface area contributed by atoms with E-state index in [0.29, 0.717) is 0 Å². The molecular weight excluding hydrogens is 494 g/mol. The molecule has 0 spiro atoms. The van der Waals surface area contributed by atoms with Crippen molar-refractivity contribution in [1.29, 1.82) is 0 Å². The van der Waals surface area contributed by atoms with Gasteiger partial charge in [-0.1, -0.05) is 124 Å². The first-order valence-corrected chi connectivity index (χ1v) is 16.4. The number of benzene rings is 3. The number of allylic oxidation sites excluding steroid dienone is 3. The van der Waals surface area contributed by atoms with Crippen molar-refractivity contribution in [3.63, 3.8) is 0 Å². The van der Waals surface area contributed by atoms with Crippen LogP contribution in [0.1, 0.15) is 100 Å². The third-order valence-electron chi connectivity index (χ3n) is 9.63. The molecule has 0 unspecified atom stereocenters. The molecule has 3 aliphatic rings. The Balaban J connectivity index is 1.21. The minimum atomic E-state index is 0.762. The van der Waals surface area contributed by atoms with Gasteiger partial charge in [0.15, 0.2) is 0 Å². The molecular formula is C40H47N. The molecule has 0 amide bonds. The summed E-state index contributed by atoms with van der Waals surface area (Å²) < 4.78 is 0. The van der Waals surface area contributed by atoms with Crippen LogP contribution < -0.4 is 4.90 Å². The monoisotopic (exact) mass is 541 g/mol. The molecule has 0 N–H and O–H groups in total. The van der Waals surface area contributed by atoms with Crippen LogP contribution in [0, 0.1) is 17.8 Å². The maximum atomic E-state index is 2.43. The molecule has 3 aliphatic carbocycles. The Hall–Kier alpha value is -3.32. The van der Waals surface area contributed by atoms with Gasteiger partial charge in [0.05, 0.1) is 0 Å². The Bertz CT molecular complexity index is 1220. The van der Waals surface area contributed by atoms with Gasteiger partial charge in [0, 0.05) is 17.1 Å². The predicted molar refractivity (Wildman–Crippen MR) is 179 cm³/mol. The molecule has 41 heavy (non-hydrogen) atoms. The van der Waals surface area contributed by atoms with E-state index in [0.717, 1.165) is 17.8 Å². The second-order valence-electron chi connectivity index (χ2n) is 12.7. The largest absolute Gasteiger partial charge is 0.311 e. The van der Waals surface area contributed by atoms with Crippen LogP contribution in [0.2, 0.25) is 0 Å². The van der Waals surface area contributed by atoms with E-state index in [-0.39, 0.29) is 0 Å². The van der Waals surface area contributed by atoms with Gasteiger partial charge < -0.3 is 4.90 Å². The molecule has 3 saturated carbocycles. The first-order chi connectivity index (χ1) is 20.3. The van der Waals surface area contributed by atoms with Gasteiger partial charge in [-0.3, -0.25) is 0 Å². The Labute approximate surface area is 248 Å². The van der Waals surface area contributed by atoms with Crippen LogP contribution in [-0.4, -0.2) is 0 Å². The standard InChI is InChI=1S/C40H47N/c1-2-9-32(8-1)14-7-15-35-20-26-38(27-21-35)41(39-28-22-36(23-29-39)18-16-33-10-3-4-11-33)40-30-24-37(25-31-40)19-17-34-12-5-6-13-34/h7,15-34H,1-6,8-14H2/b15-7+,18-16+,19-17+. The van der Waals surface area contributed by atoms with E-state index in [1.54, 1.807) is 0 Å². The smallest absolute Gasteiger partial charge is 0.0462 e. The summed E-state index contributed by atoms with van der Waals surface area (Å²) in [5, 5.41) is 0. The number of rotatable bonds is 10. The lowest BCUT2D eigenvalue weighted by Crippen LogP contribution is -2.09. The van der Waals surface area contributed by atoms with Crippen LogP contribution in [0.15, 0.2) is 91.0 Å². The summed E-state index contributed by atoms with van der Waals surface area (Å²) in [6.45, 7) is 0. The zero-order valence-corrected chi connectivity index (χ0v) is 24.8. The third kappa shape index (κ3) is 7.70. The molecule has 0 radical (unpaired) electrons. The number of hydrogen-bond acceptors (Lipinski definition) is 1. The average Bonchev–Trinajstić information content (AvgIpc) is 3.82. The summed E-state index contributed by atoms with van der Waals surface area (Å²) in [4.78, 5) is 2.39. The molecule has 0 saturated heterocycles. The zero-order chi connectivity index (χ0) is 27.7. The van der Waals surface area contributed by atoms with Gasteiger partial charge in [-0.25, -0.2) is 0 Å². The lowest BCUT2D eigenvalue weighted by Gasteiger charge is -2.26.